The van der Waals surface area contributed by atoms with Crippen molar-refractivity contribution in [3.63, 3.8) is 0 Å². The van der Waals surface area contributed by atoms with Crippen molar-refractivity contribution in [3.05, 3.63) is 58.2 Å². The van der Waals surface area contributed by atoms with E-state index in [2.05, 4.69) is 0 Å². The van der Waals surface area contributed by atoms with Crippen molar-refractivity contribution in [1.82, 2.24) is 0 Å². The Hall–Kier alpha value is -2.00. The van der Waals surface area contributed by atoms with Crippen molar-refractivity contribution < 1.29 is 14.7 Å². The minimum atomic E-state index is -0.0883. The molecule has 1 aromatic carbocycles. The van der Waals surface area contributed by atoms with Crippen molar-refractivity contribution in [2.75, 3.05) is 6.61 Å². The molecule has 1 aliphatic rings. The summed E-state index contributed by atoms with van der Waals surface area (Å²) in [5.74, 6) is -0.171. The molecule has 3 heteroatoms. The zero-order chi connectivity index (χ0) is 14.0. The van der Waals surface area contributed by atoms with Crippen molar-refractivity contribution >= 4 is 11.6 Å². The Kier molecular flexibility index (Phi) is 3.76. The van der Waals surface area contributed by atoms with Gasteiger partial charge in [0.25, 0.3) is 0 Å². The van der Waals surface area contributed by atoms with Crippen LogP contribution in [-0.2, 0) is 0 Å². The molecule has 1 aliphatic carbocycles. The van der Waals surface area contributed by atoms with E-state index < -0.39 is 0 Å². The van der Waals surface area contributed by atoms with E-state index in [1.54, 1.807) is 44.2 Å². The Labute approximate surface area is 112 Å². The van der Waals surface area contributed by atoms with E-state index in [1.807, 2.05) is 0 Å². The summed E-state index contributed by atoms with van der Waals surface area (Å²) in [6, 6.07) is 6.89. The third kappa shape index (κ3) is 2.42. The Morgan fingerprint density at radius 2 is 1.74 bits per heavy atom. The van der Waals surface area contributed by atoms with Crippen LogP contribution in [0.15, 0.2) is 47.1 Å². The highest BCUT2D eigenvalue weighted by Gasteiger charge is 2.28. The average Bonchev–Trinajstić information content (AvgIpc) is 2.44. The van der Waals surface area contributed by atoms with Gasteiger partial charge in [-0.3, -0.25) is 9.59 Å². The quantitative estimate of drug-likeness (QED) is 0.846. The summed E-state index contributed by atoms with van der Waals surface area (Å²) in [7, 11) is 0. The lowest BCUT2D eigenvalue weighted by Crippen LogP contribution is -2.20. The Morgan fingerprint density at radius 1 is 1.16 bits per heavy atom. The number of benzene rings is 1. The van der Waals surface area contributed by atoms with Crippen LogP contribution in [0.2, 0.25) is 0 Å². The molecule has 0 aliphatic heterocycles. The molecule has 0 spiro atoms. The second kappa shape index (κ2) is 5.33. The number of carbonyl (C=O) groups is 2. The van der Waals surface area contributed by atoms with Crippen molar-refractivity contribution in [1.29, 1.82) is 0 Å². The number of allylic oxidation sites excluding steroid dienone is 3. The summed E-state index contributed by atoms with van der Waals surface area (Å²) in [5, 5.41) is 8.97. The number of ketones is 2. The molecule has 3 nitrogen and oxygen atoms in total. The SMILES string of the molecule is CC1=C(C/C=C(\C)CO)C(=O)c2ccccc2C1=O. The summed E-state index contributed by atoms with van der Waals surface area (Å²) < 4.78 is 0. The normalized spacial score (nSPS) is 15.8. The highest BCUT2D eigenvalue weighted by atomic mass is 16.3. The highest BCUT2D eigenvalue weighted by Crippen LogP contribution is 2.28. The van der Waals surface area contributed by atoms with Crippen LogP contribution in [0.4, 0.5) is 0 Å². The van der Waals surface area contributed by atoms with Gasteiger partial charge in [0.15, 0.2) is 11.6 Å². The third-order valence-corrected chi connectivity index (χ3v) is 3.39. The number of hydrogen-bond acceptors (Lipinski definition) is 3. The summed E-state index contributed by atoms with van der Waals surface area (Å²) in [6.45, 7) is 3.44. The lowest BCUT2D eigenvalue weighted by atomic mass is 9.83. The maximum Gasteiger partial charge on any atom is 0.190 e. The van der Waals surface area contributed by atoms with E-state index in [0.29, 0.717) is 28.7 Å². The van der Waals surface area contributed by atoms with Crippen molar-refractivity contribution in [3.8, 4) is 0 Å². The molecule has 1 aromatic rings. The van der Waals surface area contributed by atoms with Crippen LogP contribution in [0, 0.1) is 0 Å². The molecule has 0 bridgehead atoms. The van der Waals surface area contributed by atoms with Crippen molar-refractivity contribution in [2.24, 2.45) is 0 Å². The number of fused-ring (bicyclic) bond motifs is 1. The van der Waals surface area contributed by atoms with Crippen molar-refractivity contribution in [2.45, 2.75) is 20.3 Å². The fraction of sp³-hybridized carbons (Fsp3) is 0.250. The lowest BCUT2D eigenvalue weighted by molar-refractivity contribution is 0.0973. The molecule has 0 unspecified atom stereocenters. The van der Waals surface area contributed by atoms with Crippen LogP contribution >= 0.6 is 0 Å². The van der Waals surface area contributed by atoms with Crippen LogP contribution in [-0.4, -0.2) is 23.3 Å². The number of carbonyl (C=O) groups excluding carboxylic acids is 2. The van der Waals surface area contributed by atoms with Gasteiger partial charge in [0.1, 0.15) is 0 Å². The van der Waals surface area contributed by atoms with Crippen LogP contribution in [0.25, 0.3) is 0 Å². The lowest BCUT2D eigenvalue weighted by Gasteiger charge is -2.18. The maximum absolute atomic E-state index is 12.4. The Morgan fingerprint density at radius 3 is 2.32 bits per heavy atom. The second-order valence-corrected chi connectivity index (χ2v) is 4.72. The molecule has 0 atom stereocenters. The van der Waals surface area contributed by atoms with Gasteiger partial charge in [-0.25, -0.2) is 0 Å². The first kappa shape index (κ1) is 13.4. The highest BCUT2D eigenvalue weighted by molar-refractivity contribution is 6.26. The molecular formula is C16H16O3. The van der Waals surface area contributed by atoms with Crippen LogP contribution in [0.5, 0.6) is 0 Å². The molecule has 0 saturated heterocycles. The second-order valence-electron chi connectivity index (χ2n) is 4.72. The number of hydrogen-bond donors (Lipinski definition) is 1. The van der Waals surface area contributed by atoms with Gasteiger partial charge in [0, 0.05) is 22.3 Å². The smallest absolute Gasteiger partial charge is 0.190 e. The minimum absolute atomic E-state index is 0.0367. The fourth-order valence-electron chi connectivity index (χ4n) is 2.14. The first-order valence-electron chi connectivity index (χ1n) is 6.21. The number of aliphatic hydroxyl groups is 1. The molecular weight excluding hydrogens is 240 g/mol. The standard InChI is InChI=1S/C16H16O3/c1-10(9-17)7-8-12-11(2)15(18)13-5-3-4-6-14(13)16(12)19/h3-7,17H,8-9H2,1-2H3/b10-7+. The first-order chi connectivity index (χ1) is 9.06. The number of rotatable bonds is 3. The topological polar surface area (TPSA) is 54.4 Å². The van der Waals surface area contributed by atoms with Gasteiger partial charge in [-0.05, 0) is 20.3 Å². The molecule has 0 saturated carbocycles. The predicted molar refractivity (Wildman–Crippen MR) is 73.3 cm³/mol. The van der Waals surface area contributed by atoms with Crippen LogP contribution in [0.1, 0.15) is 41.0 Å². The minimum Gasteiger partial charge on any atom is -0.392 e. The zero-order valence-electron chi connectivity index (χ0n) is 11.1. The third-order valence-electron chi connectivity index (χ3n) is 3.39. The predicted octanol–water partition coefficient (Wildman–Crippen LogP) is 2.71. The van der Waals surface area contributed by atoms with Gasteiger partial charge in [0.05, 0.1) is 6.61 Å². The van der Waals surface area contributed by atoms with E-state index >= 15 is 0 Å². The summed E-state index contributed by atoms with van der Waals surface area (Å²) in [4.78, 5) is 24.6. The molecule has 0 radical (unpaired) electrons. The average molecular weight is 256 g/mol. The van der Waals surface area contributed by atoms with Gasteiger partial charge in [0.2, 0.25) is 0 Å². The van der Waals surface area contributed by atoms with Crippen LogP contribution < -0.4 is 0 Å². The number of Topliss-reactive ketones (excluding diaryl/α,β-unsaturated/α-hetero) is 2. The summed E-state index contributed by atoms with van der Waals surface area (Å²) in [6.07, 6.45) is 2.18. The van der Waals surface area contributed by atoms with Gasteiger partial charge in [-0.1, -0.05) is 35.9 Å². The molecule has 2 rings (SSSR count). The molecule has 0 amide bonds. The molecule has 0 heterocycles. The Bertz CT molecular complexity index is 606. The largest absolute Gasteiger partial charge is 0.392 e. The summed E-state index contributed by atoms with van der Waals surface area (Å²) >= 11 is 0. The van der Waals surface area contributed by atoms with E-state index in [0.717, 1.165) is 5.57 Å². The monoisotopic (exact) mass is 256 g/mol. The van der Waals surface area contributed by atoms with Gasteiger partial charge in [-0.2, -0.15) is 0 Å². The van der Waals surface area contributed by atoms with E-state index in [1.165, 1.54) is 0 Å². The van der Waals surface area contributed by atoms with Gasteiger partial charge in [-0.15, -0.1) is 0 Å². The zero-order valence-corrected chi connectivity index (χ0v) is 11.1. The summed E-state index contributed by atoms with van der Waals surface area (Å²) in [5.41, 5.74) is 2.78. The van der Waals surface area contributed by atoms with Gasteiger partial charge >= 0.3 is 0 Å². The van der Waals surface area contributed by atoms with E-state index in [9.17, 15) is 9.59 Å². The Balaban J connectivity index is 2.43. The molecule has 19 heavy (non-hydrogen) atoms. The molecule has 0 fully saturated rings. The molecule has 98 valence electrons. The first-order valence-corrected chi connectivity index (χ1v) is 6.21. The fourth-order valence-corrected chi connectivity index (χ4v) is 2.14. The maximum atomic E-state index is 12.4. The molecule has 0 aromatic heterocycles. The van der Waals surface area contributed by atoms with Crippen LogP contribution in [0.3, 0.4) is 0 Å². The van der Waals surface area contributed by atoms with E-state index in [4.69, 9.17) is 5.11 Å². The number of aliphatic hydroxyl groups excluding tert-OH is 1. The molecule has 1 N–H and O–H groups in total. The van der Waals surface area contributed by atoms with E-state index in [-0.39, 0.29) is 18.2 Å². The van der Waals surface area contributed by atoms with Gasteiger partial charge < -0.3 is 5.11 Å².